The second kappa shape index (κ2) is 10.5. The number of anilines is 1. The van der Waals surface area contributed by atoms with Crippen LogP contribution < -0.4 is 10.6 Å². The molecule has 0 radical (unpaired) electrons. The van der Waals surface area contributed by atoms with Crippen molar-refractivity contribution in [2.75, 3.05) is 51.1 Å². The van der Waals surface area contributed by atoms with Crippen molar-refractivity contribution in [2.24, 2.45) is 0 Å². The van der Waals surface area contributed by atoms with Gasteiger partial charge in [0.25, 0.3) is 0 Å². The van der Waals surface area contributed by atoms with Gasteiger partial charge in [0, 0.05) is 42.9 Å². The molecule has 25 heavy (non-hydrogen) atoms. The van der Waals surface area contributed by atoms with Gasteiger partial charge in [-0.15, -0.1) is 0 Å². The van der Waals surface area contributed by atoms with Crippen LogP contribution in [0, 0.1) is 0 Å². The van der Waals surface area contributed by atoms with E-state index < -0.39 is 0 Å². The molecule has 138 valence electrons. The van der Waals surface area contributed by atoms with E-state index in [4.69, 9.17) is 0 Å². The van der Waals surface area contributed by atoms with Crippen molar-refractivity contribution in [2.45, 2.75) is 19.8 Å². The zero-order chi connectivity index (χ0) is 18.1. The lowest BCUT2D eigenvalue weighted by Gasteiger charge is -2.33. The molecule has 0 bridgehead atoms. The Balaban J connectivity index is 1.66. The monoisotopic (exact) mass is 410 g/mol. The minimum Gasteiger partial charge on any atom is -0.355 e. The molecule has 1 aromatic carbocycles. The first-order valence-corrected chi connectivity index (χ1v) is 9.63. The molecular weight excluding hydrogens is 384 g/mol. The third-order valence-electron chi connectivity index (χ3n) is 4.16. The molecule has 1 aliphatic rings. The number of rotatable bonds is 8. The van der Waals surface area contributed by atoms with E-state index in [2.05, 4.69) is 43.3 Å². The highest BCUT2D eigenvalue weighted by Gasteiger charge is 2.20. The van der Waals surface area contributed by atoms with Crippen LogP contribution in [0.2, 0.25) is 0 Å². The molecule has 1 aliphatic heterocycles. The van der Waals surface area contributed by atoms with E-state index in [9.17, 15) is 9.59 Å². The van der Waals surface area contributed by atoms with E-state index in [1.165, 1.54) is 0 Å². The van der Waals surface area contributed by atoms with Crippen LogP contribution in [0.5, 0.6) is 0 Å². The van der Waals surface area contributed by atoms with Crippen molar-refractivity contribution in [3.05, 3.63) is 28.7 Å². The summed E-state index contributed by atoms with van der Waals surface area (Å²) in [5, 5.41) is 5.86. The van der Waals surface area contributed by atoms with Gasteiger partial charge in [0.1, 0.15) is 0 Å². The molecule has 0 aromatic heterocycles. The number of carbonyl (C=O) groups excluding carboxylic acids is 2. The number of halogens is 1. The molecule has 1 heterocycles. The number of nitrogens with one attached hydrogen (secondary N) is 2. The van der Waals surface area contributed by atoms with Gasteiger partial charge in [0.15, 0.2) is 0 Å². The maximum atomic E-state index is 12.2. The topological polar surface area (TPSA) is 64.7 Å². The fourth-order valence-corrected chi connectivity index (χ4v) is 3.14. The molecular formula is C18H27BrN4O2. The predicted octanol–water partition coefficient (Wildman–Crippen LogP) is 1.92. The number of carbonyl (C=O) groups is 2. The van der Waals surface area contributed by atoms with Gasteiger partial charge in [0.05, 0.1) is 13.1 Å². The molecule has 1 fully saturated rings. The third-order valence-corrected chi connectivity index (χ3v) is 4.65. The van der Waals surface area contributed by atoms with Crippen LogP contribution in [0.1, 0.15) is 19.8 Å². The number of amides is 2. The van der Waals surface area contributed by atoms with Gasteiger partial charge in [-0.05, 0) is 24.6 Å². The van der Waals surface area contributed by atoms with Gasteiger partial charge >= 0.3 is 0 Å². The predicted molar refractivity (Wildman–Crippen MR) is 104 cm³/mol. The largest absolute Gasteiger partial charge is 0.355 e. The van der Waals surface area contributed by atoms with Crippen molar-refractivity contribution >= 4 is 33.4 Å². The summed E-state index contributed by atoms with van der Waals surface area (Å²) in [4.78, 5) is 28.3. The molecule has 2 amide bonds. The summed E-state index contributed by atoms with van der Waals surface area (Å²) < 4.78 is 0.941. The molecule has 6 nitrogen and oxygen atoms in total. The molecule has 0 aliphatic carbocycles. The van der Waals surface area contributed by atoms with E-state index in [0.717, 1.165) is 55.7 Å². The second-order valence-electron chi connectivity index (χ2n) is 6.31. The van der Waals surface area contributed by atoms with Crippen LogP contribution in [-0.2, 0) is 9.59 Å². The lowest BCUT2D eigenvalue weighted by molar-refractivity contribution is -0.123. The molecule has 0 atom stereocenters. The quantitative estimate of drug-likeness (QED) is 0.642. The van der Waals surface area contributed by atoms with Crippen LogP contribution in [0.3, 0.4) is 0 Å². The Kier molecular flexibility index (Phi) is 8.37. The molecule has 0 spiro atoms. The minimum absolute atomic E-state index is 0.0103. The summed E-state index contributed by atoms with van der Waals surface area (Å²) in [7, 11) is 0. The summed E-state index contributed by atoms with van der Waals surface area (Å²) in [6.45, 7) is 6.91. The number of benzene rings is 1. The third kappa shape index (κ3) is 7.54. The Hall–Kier alpha value is -1.44. The average Bonchev–Trinajstić information content (AvgIpc) is 2.57. The molecule has 2 N–H and O–H groups in total. The standard InChI is InChI=1S/C18H27BrN4O2/c1-2-3-7-20-17(24)13-22-8-10-23(11-9-22)14-18(25)21-16-6-4-5-15(19)12-16/h4-6,12H,2-3,7-11,13-14H2,1H3,(H,20,24)(H,21,25). The number of hydrogen-bond donors (Lipinski definition) is 2. The Morgan fingerprint density at radius 1 is 1.08 bits per heavy atom. The summed E-state index contributed by atoms with van der Waals surface area (Å²) >= 11 is 3.40. The molecule has 7 heteroatoms. The average molecular weight is 411 g/mol. The zero-order valence-electron chi connectivity index (χ0n) is 14.8. The first kappa shape index (κ1) is 19.9. The van der Waals surface area contributed by atoms with Gasteiger partial charge in [-0.1, -0.05) is 35.3 Å². The van der Waals surface area contributed by atoms with E-state index in [-0.39, 0.29) is 11.8 Å². The molecule has 2 rings (SSSR count). The van der Waals surface area contributed by atoms with Gasteiger partial charge in [-0.25, -0.2) is 0 Å². The summed E-state index contributed by atoms with van der Waals surface area (Å²) in [6.07, 6.45) is 2.10. The fourth-order valence-electron chi connectivity index (χ4n) is 2.74. The highest BCUT2D eigenvalue weighted by atomic mass is 79.9. The number of nitrogens with zero attached hydrogens (tertiary/aromatic N) is 2. The molecule has 1 saturated heterocycles. The van der Waals surface area contributed by atoms with Crippen molar-refractivity contribution in [3.63, 3.8) is 0 Å². The molecule has 1 aromatic rings. The highest BCUT2D eigenvalue weighted by Crippen LogP contribution is 2.15. The SMILES string of the molecule is CCCCNC(=O)CN1CCN(CC(=O)Nc2cccc(Br)c2)CC1. The van der Waals surface area contributed by atoms with Gasteiger partial charge < -0.3 is 10.6 Å². The Bertz CT molecular complexity index is 574. The lowest BCUT2D eigenvalue weighted by atomic mass is 10.3. The van der Waals surface area contributed by atoms with E-state index >= 15 is 0 Å². The maximum absolute atomic E-state index is 12.2. The van der Waals surface area contributed by atoms with E-state index in [1.807, 2.05) is 24.3 Å². The highest BCUT2D eigenvalue weighted by molar-refractivity contribution is 9.10. The zero-order valence-corrected chi connectivity index (χ0v) is 16.3. The Labute approximate surface area is 158 Å². The van der Waals surface area contributed by atoms with Crippen LogP contribution in [-0.4, -0.2) is 67.4 Å². The van der Waals surface area contributed by atoms with Gasteiger partial charge in [-0.3, -0.25) is 19.4 Å². The van der Waals surface area contributed by atoms with Gasteiger partial charge in [-0.2, -0.15) is 0 Å². The van der Waals surface area contributed by atoms with Crippen molar-refractivity contribution in [1.82, 2.24) is 15.1 Å². The summed E-state index contributed by atoms with van der Waals surface area (Å²) in [5.41, 5.74) is 0.793. The van der Waals surface area contributed by atoms with Crippen LogP contribution in [0.25, 0.3) is 0 Å². The van der Waals surface area contributed by atoms with Crippen molar-refractivity contribution in [1.29, 1.82) is 0 Å². The lowest BCUT2D eigenvalue weighted by Crippen LogP contribution is -2.51. The summed E-state index contributed by atoms with van der Waals surface area (Å²) in [5.74, 6) is 0.0816. The first-order chi connectivity index (χ1) is 12.1. The molecule has 0 unspecified atom stereocenters. The first-order valence-electron chi connectivity index (χ1n) is 8.83. The fraction of sp³-hybridized carbons (Fsp3) is 0.556. The smallest absolute Gasteiger partial charge is 0.238 e. The van der Waals surface area contributed by atoms with Crippen molar-refractivity contribution < 1.29 is 9.59 Å². The van der Waals surface area contributed by atoms with Gasteiger partial charge in [0.2, 0.25) is 11.8 Å². The van der Waals surface area contributed by atoms with Crippen LogP contribution in [0.4, 0.5) is 5.69 Å². The minimum atomic E-state index is -0.0103. The van der Waals surface area contributed by atoms with E-state index in [0.29, 0.717) is 13.1 Å². The van der Waals surface area contributed by atoms with Crippen LogP contribution >= 0.6 is 15.9 Å². The number of unbranched alkanes of at least 4 members (excludes halogenated alkanes) is 1. The molecule has 0 saturated carbocycles. The summed E-state index contributed by atoms with van der Waals surface area (Å²) in [6, 6.07) is 7.57. The van der Waals surface area contributed by atoms with Crippen molar-refractivity contribution in [3.8, 4) is 0 Å². The second-order valence-corrected chi connectivity index (χ2v) is 7.23. The Morgan fingerprint density at radius 3 is 2.32 bits per heavy atom. The number of hydrogen-bond acceptors (Lipinski definition) is 4. The maximum Gasteiger partial charge on any atom is 0.238 e. The Morgan fingerprint density at radius 2 is 1.72 bits per heavy atom. The van der Waals surface area contributed by atoms with Crippen LogP contribution in [0.15, 0.2) is 28.7 Å². The van der Waals surface area contributed by atoms with E-state index in [1.54, 1.807) is 0 Å². The normalized spacial score (nSPS) is 15.8. The number of piperazine rings is 1.